The Kier molecular flexibility index (Phi) is 6.05. The van der Waals surface area contributed by atoms with Crippen LogP contribution >= 0.6 is 0 Å². The number of para-hydroxylation sites is 1. The van der Waals surface area contributed by atoms with Crippen molar-refractivity contribution in [3.63, 3.8) is 0 Å². The molecular formula is C22H20N4O3. The fourth-order valence-corrected chi connectivity index (χ4v) is 2.97. The van der Waals surface area contributed by atoms with Crippen molar-refractivity contribution in [2.45, 2.75) is 19.9 Å². The second-order valence-electron chi connectivity index (χ2n) is 6.35. The number of hydrogen-bond donors (Lipinski definition) is 1. The monoisotopic (exact) mass is 388 g/mol. The van der Waals surface area contributed by atoms with Crippen LogP contribution in [0.5, 0.6) is 11.6 Å². The number of hydrogen-bond acceptors (Lipinski definition) is 6. The SMILES string of the molecule is COc1ccccc1N=Nc1c(C)c(C#N)c(O)n(CCc2ccccc2)c1=O. The van der Waals surface area contributed by atoms with Crippen LogP contribution < -0.4 is 10.3 Å². The van der Waals surface area contributed by atoms with Gasteiger partial charge < -0.3 is 9.84 Å². The fourth-order valence-electron chi connectivity index (χ4n) is 2.97. The first-order valence-corrected chi connectivity index (χ1v) is 9.02. The van der Waals surface area contributed by atoms with Crippen LogP contribution in [0.1, 0.15) is 16.7 Å². The molecule has 0 radical (unpaired) electrons. The van der Waals surface area contributed by atoms with Crippen molar-refractivity contribution >= 4 is 11.4 Å². The van der Waals surface area contributed by atoms with Crippen molar-refractivity contribution < 1.29 is 9.84 Å². The van der Waals surface area contributed by atoms with E-state index in [1.165, 1.54) is 7.11 Å². The molecule has 0 spiro atoms. The number of aromatic nitrogens is 1. The first-order valence-electron chi connectivity index (χ1n) is 9.02. The molecule has 1 heterocycles. The van der Waals surface area contributed by atoms with E-state index in [4.69, 9.17) is 4.74 Å². The summed E-state index contributed by atoms with van der Waals surface area (Å²) < 4.78 is 6.40. The lowest BCUT2D eigenvalue weighted by atomic mass is 10.1. The quantitative estimate of drug-likeness (QED) is 0.633. The molecule has 7 nitrogen and oxygen atoms in total. The molecule has 0 fully saturated rings. The molecule has 3 rings (SSSR count). The molecule has 0 saturated carbocycles. The summed E-state index contributed by atoms with van der Waals surface area (Å²) in [5.41, 5.74) is 1.26. The largest absolute Gasteiger partial charge is 0.494 e. The van der Waals surface area contributed by atoms with Crippen LogP contribution in [0, 0.1) is 18.3 Å². The summed E-state index contributed by atoms with van der Waals surface area (Å²) in [4.78, 5) is 13.0. The Bertz CT molecular complexity index is 1150. The molecule has 0 amide bonds. The third-order valence-electron chi connectivity index (χ3n) is 4.58. The van der Waals surface area contributed by atoms with Gasteiger partial charge in [-0.05, 0) is 31.0 Å². The Morgan fingerprint density at radius 3 is 2.48 bits per heavy atom. The maximum Gasteiger partial charge on any atom is 0.281 e. The molecule has 7 heteroatoms. The average molecular weight is 388 g/mol. The Labute approximate surface area is 168 Å². The van der Waals surface area contributed by atoms with Gasteiger partial charge in [0.25, 0.3) is 5.56 Å². The minimum absolute atomic E-state index is 0.00615. The smallest absolute Gasteiger partial charge is 0.281 e. The first kappa shape index (κ1) is 19.8. The molecule has 3 aromatic rings. The van der Waals surface area contributed by atoms with E-state index in [1.54, 1.807) is 31.2 Å². The number of ether oxygens (including phenoxy) is 1. The minimum Gasteiger partial charge on any atom is -0.494 e. The van der Waals surface area contributed by atoms with E-state index in [9.17, 15) is 15.2 Å². The predicted octanol–water partition coefficient (Wildman–Crippen LogP) is 4.40. The molecule has 0 aliphatic rings. The van der Waals surface area contributed by atoms with Crippen LogP contribution in [0.2, 0.25) is 0 Å². The Morgan fingerprint density at radius 1 is 1.10 bits per heavy atom. The number of nitriles is 1. The van der Waals surface area contributed by atoms with Gasteiger partial charge in [-0.2, -0.15) is 5.26 Å². The van der Waals surface area contributed by atoms with Gasteiger partial charge in [0.1, 0.15) is 23.1 Å². The lowest BCUT2D eigenvalue weighted by Crippen LogP contribution is -2.22. The Hall–Kier alpha value is -3.92. The second-order valence-corrected chi connectivity index (χ2v) is 6.35. The Balaban J connectivity index is 2.04. The zero-order chi connectivity index (χ0) is 20.8. The molecule has 146 valence electrons. The molecule has 0 saturated heterocycles. The van der Waals surface area contributed by atoms with E-state index in [0.29, 0.717) is 17.9 Å². The zero-order valence-electron chi connectivity index (χ0n) is 16.2. The number of pyridine rings is 1. The van der Waals surface area contributed by atoms with Gasteiger partial charge in [-0.15, -0.1) is 10.2 Å². The standard InChI is InChI=1S/C22H20N4O3/c1-15-17(14-23)21(27)26(13-12-16-8-4-3-5-9-16)22(28)20(15)25-24-18-10-6-7-11-19(18)29-2/h3-11,27H,12-13H2,1-2H3. The van der Waals surface area contributed by atoms with Gasteiger partial charge in [-0.1, -0.05) is 42.5 Å². The van der Waals surface area contributed by atoms with E-state index in [0.717, 1.165) is 10.1 Å². The summed E-state index contributed by atoms with van der Waals surface area (Å²) in [5, 5.41) is 28.2. The molecule has 0 aliphatic heterocycles. The highest BCUT2D eigenvalue weighted by Gasteiger charge is 2.19. The highest BCUT2D eigenvalue weighted by molar-refractivity contribution is 5.57. The van der Waals surface area contributed by atoms with E-state index < -0.39 is 5.56 Å². The van der Waals surface area contributed by atoms with Crippen LogP contribution in [0.4, 0.5) is 11.4 Å². The van der Waals surface area contributed by atoms with Gasteiger partial charge in [-0.3, -0.25) is 9.36 Å². The van der Waals surface area contributed by atoms with Crippen molar-refractivity contribution in [3.8, 4) is 17.7 Å². The van der Waals surface area contributed by atoms with Crippen molar-refractivity contribution in [1.82, 2.24) is 4.57 Å². The Morgan fingerprint density at radius 2 is 1.79 bits per heavy atom. The number of methoxy groups -OCH3 is 1. The molecule has 0 bridgehead atoms. The summed E-state index contributed by atoms with van der Waals surface area (Å²) in [5.74, 6) is 0.153. The highest BCUT2D eigenvalue weighted by atomic mass is 16.5. The molecule has 1 N–H and O–H groups in total. The number of aryl methyl sites for hydroxylation is 1. The van der Waals surface area contributed by atoms with Gasteiger partial charge >= 0.3 is 0 Å². The highest BCUT2D eigenvalue weighted by Crippen LogP contribution is 2.30. The summed E-state index contributed by atoms with van der Waals surface area (Å²) >= 11 is 0. The van der Waals surface area contributed by atoms with Crippen LogP contribution in [0.3, 0.4) is 0 Å². The number of aromatic hydroxyl groups is 1. The lowest BCUT2D eigenvalue weighted by Gasteiger charge is -2.13. The third kappa shape index (κ3) is 4.17. The molecule has 0 unspecified atom stereocenters. The zero-order valence-corrected chi connectivity index (χ0v) is 16.2. The summed E-state index contributed by atoms with van der Waals surface area (Å²) in [7, 11) is 1.52. The normalized spacial score (nSPS) is 10.8. The van der Waals surface area contributed by atoms with E-state index in [-0.39, 0.29) is 29.2 Å². The van der Waals surface area contributed by atoms with Crippen LogP contribution in [0.15, 0.2) is 69.6 Å². The van der Waals surface area contributed by atoms with Crippen molar-refractivity contribution in [1.29, 1.82) is 5.26 Å². The lowest BCUT2D eigenvalue weighted by molar-refractivity contribution is 0.404. The van der Waals surface area contributed by atoms with Gasteiger partial charge in [0, 0.05) is 12.1 Å². The van der Waals surface area contributed by atoms with E-state index in [1.807, 2.05) is 36.4 Å². The van der Waals surface area contributed by atoms with Crippen molar-refractivity contribution in [2.24, 2.45) is 10.2 Å². The van der Waals surface area contributed by atoms with Gasteiger partial charge in [-0.25, -0.2) is 0 Å². The molecule has 0 aliphatic carbocycles. The summed E-state index contributed by atoms with van der Waals surface area (Å²) in [6, 6.07) is 18.6. The van der Waals surface area contributed by atoms with Crippen LogP contribution in [0.25, 0.3) is 0 Å². The summed E-state index contributed by atoms with van der Waals surface area (Å²) in [6.45, 7) is 1.78. The molecular weight excluding hydrogens is 368 g/mol. The first-order chi connectivity index (χ1) is 14.1. The molecule has 0 atom stereocenters. The third-order valence-corrected chi connectivity index (χ3v) is 4.58. The number of nitrogens with zero attached hydrogens (tertiary/aromatic N) is 4. The number of benzene rings is 2. The second kappa shape index (κ2) is 8.85. The average Bonchev–Trinajstić information content (AvgIpc) is 2.75. The van der Waals surface area contributed by atoms with Crippen LogP contribution in [-0.2, 0) is 13.0 Å². The summed E-state index contributed by atoms with van der Waals surface area (Å²) in [6.07, 6.45) is 0.519. The van der Waals surface area contributed by atoms with E-state index >= 15 is 0 Å². The molecule has 29 heavy (non-hydrogen) atoms. The van der Waals surface area contributed by atoms with E-state index in [2.05, 4.69) is 10.2 Å². The molecule has 2 aromatic carbocycles. The maximum absolute atomic E-state index is 13.0. The van der Waals surface area contributed by atoms with Gasteiger partial charge in [0.2, 0.25) is 5.88 Å². The predicted molar refractivity (Wildman–Crippen MR) is 109 cm³/mol. The minimum atomic E-state index is -0.506. The maximum atomic E-state index is 13.0. The van der Waals surface area contributed by atoms with Gasteiger partial charge in [0.15, 0.2) is 5.69 Å². The number of rotatable bonds is 6. The molecule has 1 aromatic heterocycles. The fraction of sp³-hybridized carbons (Fsp3) is 0.182. The van der Waals surface area contributed by atoms with Crippen LogP contribution in [-0.4, -0.2) is 16.8 Å². The van der Waals surface area contributed by atoms with Crippen molar-refractivity contribution in [3.05, 3.63) is 81.6 Å². The topological polar surface area (TPSA) is 100.0 Å². The number of azo groups is 1. The van der Waals surface area contributed by atoms with Gasteiger partial charge in [0.05, 0.1) is 7.11 Å². The van der Waals surface area contributed by atoms with Crippen molar-refractivity contribution in [2.75, 3.05) is 7.11 Å².